The van der Waals surface area contributed by atoms with Crippen molar-refractivity contribution in [2.75, 3.05) is 52.8 Å². The molecule has 0 rings (SSSR count). The largest absolute Gasteiger partial charge is 0.394 e. The summed E-state index contributed by atoms with van der Waals surface area (Å²) in [6.45, 7) is 6.37. The van der Waals surface area contributed by atoms with Crippen LogP contribution in [0.15, 0.2) is 0 Å². The molecule has 288 valence electrons. The molecule has 0 aliphatic heterocycles. The molecule has 0 radical (unpaired) electrons. The number of aliphatic hydroxyl groups excluding tert-OH is 2. The number of nitrogens with one attached hydrogen (secondary N) is 1. The summed E-state index contributed by atoms with van der Waals surface area (Å²) in [4.78, 5) is 12.6. The molecule has 0 aliphatic rings. The molecule has 0 fully saturated rings. The Bertz CT molecular complexity index is 675. The van der Waals surface area contributed by atoms with Crippen LogP contribution in [0.5, 0.6) is 0 Å². The highest BCUT2D eigenvalue weighted by Gasteiger charge is 2.33. The third-order valence-corrected chi connectivity index (χ3v) is 10.9. The zero-order valence-electron chi connectivity index (χ0n) is 32.9. The average molecular weight is 703 g/mol. The fraction of sp³-hybridized carbons (Fsp3) is 0.976. The summed E-state index contributed by atoms with van der Waals surface area (Å²) >= 11 is 0.846. The Morgan fingerprint density at radius 3 is 1.31 bits per heavy atom. The SMILES string of the molecule is CCCCCCCCCCCCCCCC[N+](C)(C)CCC[SH+]OCC(CO)(CO)NC(=O)CCCCCCCCCCCCCCC. The maximum absolute atomic E-state index is 12.6. The summed E-state index contributed by atoms with van der Waals surface area (Å²) in [6, 6.07) is 0. The summed E-state index contributed by atoms with van der Waals surface area (Å²) in [5.41, 5.74) is -1.11. The highest BCUT2D eigenvalue weighted by Crippen LogP contribution is 2.15. The predicted molar refractivity (Wildman–Crippen MR) is 212 cm³/mol. The van der Waals surface area contributed by atoms with Crippen molar-refractivity contribution in [3.8, 4) is 0 Å². The summed E-state index contributed by atoms with van der Waals surface area (Å²) in [6.07, 6.45) is 37.7. The van der Waals surface area contributed by atoms with E-state index in [1.807, 2.05) is 0 Å². The van der Waals surface area contributed by atoms with Gasteiger partial charge in [-0.05, 0) is 19.3 Å². The summed E-state index contributed by atoms with van der Waals surface area (Å²) < 4.78 is 6.88. The molecule has 0 aliphatic carbocycles. The Morgan fingerprint density at radius 2 is 0.917 bits per heavy atom. The second-order valence-corrected chi connectivity index (χ2v) is 16.6. The van der Waals surface area contributed by atoms with Gasteiger partial charge in [0.25, 0.3) is 0 Å². The Labute approximate surface area is 304 Å². The lowest BCUT2D eigenvalue weighted by atomic mass is 10.0. The van der Waals surface area contributed by atoms with Gasteiger partial charge in [-0.15, -0.1) is 0 Å². The molecule has 0 aromatic carbocycles. The minimum atomic E-state index is -1.11. The molecule has 6 nitrogen and oxygen atoms in total. The van der Waals surface area contributed by atoms with Crippen LogP contribution in [-0.2, 0) is 21.0 Å². The molecule has 0 saturated heterocycles. The first-order chi connectivity index (χ1) is 23.3. The van der Waals surface area contributed by atoms with Crippen molar-refractivity contribution in [3.05, 3.63) is 0 Å². The fourth-order valence-electron chi connectivity index (χ4n) is 6.56. The van der Waals surface area contributed by atoms with E-state index in [1.54, 1.807) is 0 Å². The summed E-state index contributed by atoms with van der Waals surface area (Å²) in [5.74, 6) is 0.810. The smallest absolute Gasteiger partial charge is 0.220 e. The third-order valence-electron chi connectivity index (χ3n) is 10.1. The number of carbonyl (C=O) groups excluding carboxylic acids is 1. The topological polar surface area (TPSA) is 78.8 Å². The van der Waals surface area contributed by atoms with Crippen LogP contribution >= 0.6 is 0 Å². The van der Waals surface area contributed by atoms with E-state index in [0.29, 0.717) is 6.42 Å². The first-order valence-corrected chi connectivity index (χ1v) is 22.0. The van der Waals surface area contributed by atoms with Crippen molar-refractivity contribution in [2.24, 2.45) is 0 Å². The molecular weight excluding hydrogens is 617 g/mol. The summed E-state index contributed by atoms with van der Waals surface area (Å²) in [5, 5.41) is 22.8. The molecule has 1 amide bonds. The number of nitrogens with zero attached hydrogens (tertiary/aromatic N) is 1. The first kappa shape index (κ1) is 47.7. The van der Waals surface area contributed by atoms with Gasteiger partial charge >= 0.3 is 0 Å². The van der Waals surface area contributed by atoms with E-state index in [2.05, 4.69) is 33.3 Å². The molecule has 0 spiro atoms. The van der Waals surface area contributed by atoms with Crippen LogP contribution < -0.4 is 5.32 Å². The number of carbonyl (C=O) groups is 1. The highest BCUT2D eigenvalue weighted by molar-refractivity contribution is 7.73. The van der Waals surface area contributed by atoms with Crippen molar-refractivity contribution in [1.82, 2.24) is 5.32 Å². The third kappa shape index (κ3) is 31.6. The lowest BCUT2D eigenvalue weighted by Gasteiger charge is -2.29. The maximum atomic E-state index is 12.6. The minimum absolute atomic E-state index is 0.107. The van der Waals surface area contributed by atoms with Crippen LogP contribution in [0.3, 0.4) is 0 Å². The van der Waals surface area contributed by atoms with Gasteiger partial charge in [0.05, 0.1) is 40.4 Å². The van der Waals surface area contributed by atoms with Crippen LogP contribution in [0.4, 0.5) is 0 Å². The monoisotopic (exact) mass is 703 g/mol. The molecule has 0 aromatic rings. The molecule has 0 atom stereocenters. The number of rotatable bonds is 39. The number of unbranched alkanes of at least 4 members (excludes halogenated alkanes) is 25. The van der Waals surface area contributed by atoms with Crippen LogP contribution in [0.1, 0.15) is 200 Å². The van der Waals surface area contributed by atoms with Crippen molar-refractivity contribution in [2.45, 2.75) is 206 Å². The minimum Gasteiger partial charge on any atom is -0.394 e. The zero-order chi connectivity index (χ0) is 35.4. The number of quaternary nitrogens is 1. The second kappa shape index (κ2) is 35.1. The molecule has 7 heteroatoms. The van der Waals surface area contributed by atoms with Gasteiger partial charge in [0.15, 0.2) is 0 Å². The fourth-order valence-corrected chi connectivity index (χ4v) is 7.30. The van der Waals surface area contributed by atoms with Gasteiger partial charge in [-0.1, -0.05) is 168 Å². The number of hydrogen-bond acceptors (Lipinski definition) is 4. The van der Waals surface area contributed by atoms with E-state index < -0.39 is 5.54 Å². The van der Waals surface area contributed by atoms with Crippen LogP contribution in [0, 0.1) is 0 Å². The standard InChI is InChI=1S/C41H84N2O4S/c1-5-7-9-11-13-15-17-19-21-23-25-27-29-31-34-43(3,4)35-32-36-48-47-39-41(37-44,38-45)42-40(46)33-30-28-26-24-22-20-18-16-14-12-10-8-6-2/h44-45H,5-39H2,1-4H3/p+2. The van der Waals surface area contributed by atoms with Crippen molar-refractivity contribution < 1.29 is 23.7 Å². The number of amides is 1. The Hall–Kier alpha value is -0.340. The number of aliphatic hydroxyl groups is 2. The normalized spacial score (nSPS) is 12.2. The Balaban J connectivity index is 3.80. The van der Waals surface area contributed by atoms with E-state index in [9.17, 15) is 15.0 Å². The first-order valence-electron chi connectivity index (χ1n) is 21.0. The van der Waals surface area contributed by atoms with E-state index in [1.165, 1.54) is 167 Å². The van der Waals surface area contributed by atoms with Gasteiger partial charge in [-0.2, -0.15) is 4.18 Å². The van der Waals surface area contributed by atoms with Crippen molar-refractivity contribution in [1.29, 1.82) is 0 Å². The van der Waals surface area contributed by atoms with E-state index >= 15 is 0 Å². The van der Waals surface area contributed by atoms with Crippen LogP contribution in [0.25, 0.3) is 0 Å². The van der Waals surface area contributed by atoms with E-state index in [0.717, 1.165) is 48.1 Å². The second-order valence-electron chi connectivity index (χ2n) is 15.6. The van der Waals surface area contributed by atoms with Crippen molar-refractivity contribution >= 4 is 17.9 Å². The number of hydrogen-bond donors (Lipinski definition) is 3. The van der Waals surface area contributed by atoms with E-state index in [-0.39, 0.29) is 25.7 Å². The molecular formula is C41H86N2O4S+2. The molecule has 0 aromatic heterocycles. The van der Waals surface area contributed by atoms with Gasteiger partial charge < -0.3 is 20.0 Å². The van der Waals surface area contributed by atoms with Gasteiger partial charge in [-0.3, -0.25) is 4.79 Å². The van der Waals surface area contributed by atoms with Gasteiger partial charge in [-0.25, -0.2) is 0 Å². The van der Waals surface area contributed by atoms with Crippen molar-refractivity contribution in [3.63, 3.8) is 0 Å². The van der Waals surface area contributed by atoms with Crippen LogP contribution in [0.2, 0.25) is 0 Å². The Morgan fingerprint density at radius 1 is 0.562 bits per heavy atom. The lowest BCUT2D eigenvalue weighted by molar-refractivity contribution is -0.890. The van der Waals surface area contributed by atoms with Gasteiger partial charge in [0.2, 0.25) is 5.91 Å². The van der Waals surface area contributed by atoms with Crippen LogP contribution in [-0.4, -0.2) is 78.9 Å². The van der Waals surface area contributed by atoms with Gasteiger partial charge in [0, 0.05) is 12.8 Å². The Kier molecular flexibility index (Phi) is 34.8. The number of thiol groups is 1. The van der Waals surface area contributed by atoms with E-state index in [4.69, 9.17) is 4.18 Å². The molecule has 0 saturated carbocycles. The molecule has 0 heterocycles. The molecule has 0 bridgehead atoms. The quantitative estimate of drug-likeness (QED) is 0.0258. The lowest BCUT2D eigenvalue weighted by Crippen LogP contribution is -2.57. The predicted octanol–water partition coefficient (Wildman–Crippen LogP) is 10.0. The highest BCUT2D eigenvalue weighted by atomic mass is 32.2. The molecule has 3 N–H and O–H groups in total. The van der Waals surface area contributed by atoms with Gasteiger partial charge in [0.1, 0.15) is 29.9 Å². The zero-order valence-corrected chi connectivity index (χ0v) is 33.7. The molecule has 48 heavy (non-hydrogen) atoms. The summed E-state index contributed by atoms with van der Waals surface area (Å²) in [7, 11) is 4.66. The molecule has 0 unspecified atom stereocenters. The average Bonchev–Trinajstić information content (AvgIpc) is 3.08. The maximum Gasteiger partial charge on any atom is 0.220 e.